The molecule has 0 aliphatic heterocycles. The Hall–Kier alpha value is -2.27. The minimum Gasteiger partial charge on any atom is -0.478 e. The maximum atomic E-state index is 11.9. The molecule has 2 N–H and O–H groups in total. The van der Waals surface area contributed by atoms with Crippen molar-refractivity contribution in [3.05, 3.63) is 92.2 Å². The average molecular weight is 431 g/mol. The molecule has 152 valence electrons. The zero-order valence-electron chi connectivity index (χ0n) is 16.5. The van der Waals surface area contributed by atoms with Crippen LogP contribution in [0.2, 0.25) is 10.0 Å². The number of carboxylic acid groups (broad SMARTS) is 1. The van der Waals surface area contributed by atoms with Crippen LogP contribution in [0.4, 0.5) is 0 Å². The Balaban J connectivity index is 1.78. The van der Waals surface area contributed by atoms with Gasteiger partial charge in [0, 0.05) is 40.1 Å². The van der Waals surface area contributed by atoms with E-state index in [0.717, 1.165) is 39.5 Å². The monoisotopic (exact) mass is 430 g/mol. The summed E-state index contributed by atoms with van der Waals surface area (Å²) >= 11 is 12.5. The molecule has 0 aliphatic carbocycles. The Morgan fingerprint density at radius 1 is 0.966 bits per heavy atom. The molecule has 29 heavy (non-hydrogen) atoms. The molecule has 0 spiro atoms. The van der Waals surface area contributed by atoms with Crippen LogP contribution in [0.1, 0.15) is 38.4 Å². The van der Waals surface area contributed by atoms with Crippen molar-refractivity contribution >= 4 is 29.2 Å². The molecule has 0 amide bonds. The van der Waals surface area contributed by atoms with E-state index in [4.69, 9.17) is 23.2 Å². The summed E-state index contributed by atoms with van der Waals surface area (Å²) in [6, 6.07) is 15.4. The molecule has 0 fully saturated rings. The van der Waals surface area contributed by atoms with Crippen molar-refractivity contribution < 1.29 is 9.90 Å². The van der Waals surface area contributed by atoms with E-state index >= 15 is 0 Å². The number of halogens is 2. The van der Waals surface area contributed by atoms with Crippen LogP contribution in [0.15, 0.2) is 48.5 Å². The van der Waals surface area contributed by atoms with Gasteiger partial charge >= 0.3 is 5.97 Å². The lowest BCUT2D eigenvalue weighted by molar-refractivity contribution is 0.0694. The number of hydrogen-bond acceptors (Lipinski definition) is 2. The molecule has 0 saturated carbocycles. The summed E-state index contributed by atoms with van der Waals surface area (Å²) in [5.41, 5.74) is 4.87. The molecule has 0 bridgehead atoms. The second-order valence-corrected chi connectivity index (χ2v) is 7.84. The maximum absolute atomic E-state index is 11.9. The van der Waals surface area contributed by atoms with Gasteiger partial charge < -0.3 is 15.0 Å². The molecular formula is C23H24Cl2N2O2. The third-order valence-electron chi connectivity index (χ3n) is 5.24. The van der Waals surface area contributed by atoms with Gasteiger partial charge in [0.15, 0.2) is 0 Å². The summed E-state index contributed by atoms with van der Waals surface area (Å²) in [6.07, 6.45) is 0.778. The van der Waals surface area contributed by atoms with Crippen molar-refractivity contribution in [3.8, 4) is 0 Å². The van der Waals surface area contributed by atoms with E-state index in [1.165, 1.54) is 0 Å². The molecule has 2 aromatic carbocycles. The van der Waals surface area contributed by atoms with Crippen LogP contribution in [0, 0.1) is 13.8 Å². The molecule has 0 aliphatic rings. The molecule has 3 rings (SSSR count). The number of hydrogen-bond donors (Lipinski definition) is 2. The highest BCUT2D eigenvalue weighted by molar-refractivity contribution is 6.31. The molecule has 0 radical (unpaired) electrons. The van der Waals surface area contributed by atoms with E-state index in [9.17, 15) is 9.90 Å². The van der Waals surface area contributed by atoms with Crippen molar-refractivity contribution in [1.29, 1.82) is 0 Å². The van der Waals surface area contributed by atoms with Crippen LogP contribution in [0.25, 0.3) is 0 Å². The Bertz CT molecular complexity index is 1030. The van der Waals surface area contributed by atoms with Gasteiger partial charge in [-0.3, -0.25) is 0 Å². The summed E-state index contributed by atoms with van der Waals surface area (Å²) in [5, 5.41) is 14.6. The van der Waals surface area contributed by atoms with Crippen LogP contribution in [0.3, 0.4) is 0 Å². The van der Waals surface area contributed by atoms with Gasteiger partial charge in [0.25, 0.3) is 0 Å². The first-order valence-electron chi connectivity index (χ1n) is 9.49. The molecule has 0 unspecified atom stereocenters. The zero-order chi connectivity index (χ0) is 21.0. The summed E-state index contributed by atoms with van der Waals surface area (Å²) in [6.45, 7) is 5.53. The van der Waals surface area contributed by atoms with E-state index in [-0.39, 0.29) is 0 Å². The van der Waals surface area contributed by atoms with Crippen molar-refractivity contribution in [1.82, 2.24) is 9.88 Å². The summed E-state index contributed by atoms with van der Waals surface area (Å²) < 4.78 is 2.02. The van der Waals surface area contributed by atoms with Gasteiger partial charge in [-0.2, -0.15) is 0 Å². The largest absolute Gasteiger partial charge is 0.478 e. The first-order chi connectivity index (χ1) is 13.9. The van der Waals surface area contributed by atoms with E-state index in [2.05, 4.69) is 5.32 Å². The topological polar surface area (TPSA) is 54.3 Å². The van der Waals surface area contributed by atoms with Crippen LogP contribution in [0.5, 0.6) is 0 Å². The standard InChI is InChI=1S/C23H24Cl2N2O2/c1-15-19(13-26-12-11-17-7-3-5-9-20(17)24)22(23(28)29)16(2)27(15)14-18-8-4-6-10-21(18)25/h3-10,26H,11-14H2,1-2H3,(H,28,29). The van der Waals surface area contributed by atoms with Crippen LogP contribution < -0.4 is 5.32 Å². The molecule has 0 atom stereocenters. The van der Waals surface area contributed by atoms with Crippen LogP contribution in [-0.4, -0.2) is 22.2 Å². The summed E-state index contributed by atoms with van der Waals surface area (Å²) in [4.78, 5) is 11.9. The molecule has 0 saturated heterocycles. The average Bonchev–Trinajstić information content (AvgIpc) is 2.92. The van der Waals surface area contributed by atoms with E-state index in [1.54, 1.807) is 0 Å². The fourth-order valence-corrected chi connectivity index (χ4v) is 4.05. The first kappa shape index (κ1) is 21.4. The number of carbonyl (C=O) groups is 1. The number of benzene rings is 2. The van der Waals surface area contributed by atoms with Gasteiger partial charge in [0.05, 0.1) is 5.56 Å². The fourth-order valence-electron chi connectivity index (χ4n) is 3.62. The Labute approximate surface area is 181 Å². The number of aromatic carboxylic acids is 1. The molecule has 3 aromatic rings. The molecule has 1 heterocycles. The lowest BCUT2D eigenvalue weighted by Gasteiger charge is -2.11. The van der Waals surface area contributed by atoms with E-state index in [0.29, 0.717) is 30.2 Å². The van der Waals surface area contributed by atoms with Crippen molar-refractivity contribution in [3.63, 3.8) is 0 Å². The Kier molecular flexibility index (Phi) is 7.01. The minimum absolute atomic E-state index is 0.361. The number of aromatic nitrogens is 1. The maximum Gasteiger partial charge on any atom is 0.337 e. The van der Waals surface area contributed by atoms with E-state index < -0.39 is 5.97 Å². The third kappa shape index (κ3) is 4.84. The lowest BCUT2D eigenvalue weighted by atomic mass is 10.1. The Morgan fingerprint density at radius 3 is 2.14 bits per heavy atom. The second-order valence-electron chi connectivity index (χ2n) is 7.03. The molecular weight excluding hydrogens is 407 g/mol. The SMILES string of the molecule is Cc1c(CNCCc2ccccc2Cl)c(C(=O)O)c(C)n1Cc1ccccc1Cl. The van der Waals surface area contributed by atoms with Gasteiger partial charge in [-0.05, 0) is 50.1 Å². The highest BCUT2D eigenvalue weighted by Crippen LogP contribution is 2.26. The fraction of sp³-hybridized carbons (Fsp3) is 0.261. The predicted octanol–water partition coefficient (Wildman–Crippen LogP) is 5.49. The summed E-state index contributed by atoms with van der Waals surface area (Å²) in [5.74, 6) is -0.911. The number of nitrogens with one attached hydrogen (secondary N) is 1. The van der Waals surface area contributed by atoms with Gasteiger partial charge in [0.1, 0.15) is 0 Å². The molecule has 1 aromatic heterocycles. The molecule has 4 nitrogen and oxygen atoms in total. The number of nitrogens with zero attached hydrogens (tertiary/aromatic N) is 1. The third-order valence-corrected chi connectivity index (χ3v) is 5.98. The van der Waals surface area contributed by atoms with Gasteiger partial charge in [0.2, 0.25) is 0 Å². The van der Waals surface area contributed by atoms with Gasteiger partial charge in [-0.25, -0.2) is 4.79 Å². The second kappa shape index (κ2) is 9.49. The zero-order valence-corrected chi connectivity index (χ0v) is 18.0. The normalized spacial score (nSPS) is 11.0. The summed E-state index contributed by atoms with van der Waals surface area (Å²) in [7, 11) is 0. The number of carboxylic acids is 1. The van der Waals surface area contributed by atoms with Crippen molar-refractivity contribution in [2.75, 3.05) is 6.54 Å². The highest BCUT2D eigenvalue weighted by atomic mass is 35.5. The van der Waals surface area contributed by atoms with Gasteiger partial charge in [-0.1, -0.05) is 59.6 Å². The predicted molar refractivity (Wildman–Crippen MR) is 118 cm³/mol. The Morgan fingerprint density at radius 2 is 1.55 bits per heavy atom. The smallest absolute Gasteiger partial charge is 0.337 e. The lowest BCUT2D eigenvalue weighted by Crippen LogP contribution is -2.19. The molecule has 6 heteroatoms. The highest BCUT2D eigenvalue weighted by Gasteiger charge is 2.22. The van der Waals surface area contributed by atoms with Crippen LogP contribution >= 0.6 is 23.2 Å². The number of rotatable bonds is 8. The van der Waals surface area contributed by atoms with Crippen molar-refractivity contribution in [2.24, 2.45) is 0 Å². The van der Waals surface area contributed by atoms with Crippen LogP contribution in [-0.2, 0) is 19.5 Å². The van der Waals surface area contributed by atoms with E-state index in [1.807, 2.05) is 66.9 Å². The quantitative estimate of drug-likeness (QED) is 0.464. The minimum atomic E-state index is -0.911. The van der Waals surface area contributed by atoms with Gasteiger partial charge in [-0.15, -0.1) is 0 Å². The first-order valence-corrected chi connectivity index (χ1v) is 10.2. The van der Waals surface area contributed by atoms with Crippen molar-refractivity contribution in [2.45, 2.75) is 33.4 Å².